The first-order valence-electron chi connectivity index (χ1n) is 8.16. The van der Waals surface area contributed by atoms with Crippen molar-refractivity contribution in [2.75, 3.05) is 5.32 Å². The molecule has 0 spiro atoms. The van der Waals surface area contributed by atoms with Crippen molar-refractivity contribution in [1.82, 2.24) is 10.2 Å². The molecule has 3 aromatic rings. The highest BCUT2D eigenvalue weighted by Crippen LogP contribution is 2.25. The summed E-state index contributed by atoms with van der Waals surface area (Å²) in [6, 6.07) is 11.1. The summed E-state index contributed by atoms with van der Waals surface area (Å²) >= 11 is 6.13. The summed E-state index contributed by atoms with van der Waals surface area (Å²) in [5.41, 5.74) is 0.960. The van der Waals surface area contributed by atoms with Gasteiger partial charge in [0.05, 0.1) is 10.5 Å². The molecule has 0 aliphatic carbocycles. The topological polar surface area (TPSA) is 120 Å². The number of rotatable bonds is 7. The fraction of sp³-hybridized carbons (Fsp3) is 0.167. The van der Waals surface area contributed by atoms with Gasteiger partial charge in [-0.05, 0) is 17.7 Å². The van der Waals surface area contributed by atoms with E-state index in [0.29, 0.717) is 23.1 Å². The number of nitro benzene ring substituents is 1. The Labute approximate surface area is 164 Å². The SMILES string of the molecule is Cc1nnc(COC(=O)c2cc([N+](=O)[O-])ccc2NCc2ccccc2Cl)o1. The number of hydrogen-bond donors (Lipinski definition) is 1. The molecule has 1 aromatic heterocycles. The molecule has 28 heavy (non-hydrogen) atoms. The fourth-order valence-electron chi connectivity index (χ4n) is 2.40. The number of halogens is 1. The Bertz CT molecular complexity index is 1020. The number of non-ortho nitro benzene ring substituents is 1. The highest BCUT2D eigenvalue weighted by atomic mass is 35.5. The molecule has 0 saturated carbocycles. The third-order valence-corrected chi connectivity index (χ3v) is 4.12. The smallest absolute Gasteiger partial charge is 0.341 e. The minimum Gasteiger partial charge on any atom is -0.452 e. The number of nitro groups is 1. The molecule has 0 saturated heterocycles. The average Bonchev–Trinajstić information content (AvgIpc) is 3.10. The van der Waals surface area contributed by atoms with Crippen LogP contribution in [0.4, 0.5) is 11.4 Å². The van der Waals surface area contributed by atoms with Crippen molar-refractivity contribution >= 4 is 28.9 Å². The van der Waals surface area contributed by atoms with Gasteiger partial charge in [-0.2, -0.15) is 0 Å². The summed E-state index contributed by atoms with van der Waals surface area (Å²) in [6.45, 7) is 1.68. The second-order valence-electron chi connectivity index (χ2n) is 5.72. The van der Waals surface area contributed by atoms with E-state index in [1.54, 1.807) is 19.1 Å². The molecule has 3 rings (SSSR count). The molecule has 0 aliphatic heterocycles. The third kappa shape index (κ3) is 4.63. The molecule has 9 nitrogen and oxygen atoms in total. The lowest BCUT2D eigenvalue weighted by molar-refractivity contribution is -0.384. The number of aromatic nitrogens is 2. The maximum Gasteiger partial charge on any atom is 0.341 e. The molecule has 0 fully saturated rings. The fourth-order valence-corrected chi connectivity index (χ4v) is 2.60. The molecule has 0 bridgehead atoms. The summed E-state index contributed by atoms with van der Waals surface area (Å²) < 4.78 is 10.3. The second kappa shape index (κ2) is 8.49. The Kier molecular flexibility index (Phi) is 5.85. The minimum atomic E-state index is -0.763. The summed E-state index contributed by atoms with van der Waals surface area (Å²) in [5, 5.41) is 22.1. The zero-order chi connectivity index (χ0) is 20.1. The Balaban J connectivity index is 1.80. The number of aryl methyl sites for hydroxylation is 1. The van der Waals surface area contributed by atoms with Crippen molar-refractivity contribution in [3.63, 3.8) is 0 Å². The number of ether oxygens (including phenoxy) is 1. The highest BCUT2D eigenvalue weighted by molar-refractivity contribution is 6.31. The number of anilines is 1. The van der Waals surface area contributed by atoms with Gasteiger partial charge in [0.2, 0.25) is 5.89 Å². The molecule has 144 valence electrons. The lowest BCUT2D eigenvalue weighted by Gasteiger charge is -2.12. The molecule has 1 N–H and O–H groups in total. The Morgan fingerprint density at radius 2 is 2.07 bits per heavy atom. The number of hydrogen-bond acceptors (Lipinski definition) is 8. The summed E-state index contributed by atoms with van der Waals surface area (Å²) in [5.74, 6) is -0.299. The monoisotopic (exact) mass is 402 g/mol. The molecule has 2 aromatic carbocycles. The van der Waals surface area contributed by atoms with Gasteiger partial charge in [0, 0.05) is 36.3 Å². The predicted octanol–water partition coefficient (Wildman–Crippen LogP) is 3.91. The molecule has 0 aliphatic rings. The highest BCUT2D eigenvalue weighted by Gasteiger charge is 2.19. The third-order valence-electron chi connectivity index (χ3n) is 3.76. The van der Waals surface area contributed by atoms with E-state index >= 15 is 0 Å². The van der Waals surface area contributed by atoms with Crippen LogP contribution in [0.25, 0.3) is 0 Å². The maximum atomic E-state index is 12.5. The molecule has 0 radical (unpaired) electrons. The molecular weight excluding hydrogens is 388 g/mol. The van der Waals surface area contributed by atoms with Crippen LogP contribution in [0.2, 0.25) is 5.02 Å². The number of esters is 1. The van der Waals surface area contributed by atoms with E-state index in [1.165, 1.54) is 12.1 Å². The normalized spacial score (nSPS) is 10.5. The van der Waals surface area contributed by atoms with Gasteiger partial charge in [-0.15, -0.1) is 10.2 Å². The Morgan fingerprint density at radius 3 is 2.75 bits per heavy atom. The summed E-state index contributed by atoms with van der Waals surface area (Å²) in [7, 11) is 0. The molecular formula is C18H15ClN4O5. The van der Waals surface area contributed by atoms with Crippen molar-refractivity contribution < 1.29 is 18.9 Å². The largest absolute Gasteiger partial charge is 0.452 e. The van der Waals surface area contributed by atoms with Gasteiger partial charge in [0.15, 0.2) is 6.61 Å². The summed E-state index contributed by atoms with van der Waals surface area (Å²) in [6.07, 6.45) is 0. The molecule has 0 atom stereocenters. The lowest BCUT2D eigenvalue weighted by atomic mass is 10.1. The quantitative estimate of drug-likeness (QED) is 0.358. The van der Waals surface area contributed by atoms with Gasteiger partial charge in [0.1, 0.15) is 0 Å². The zero-order valence-corrected chi connectivity index (χ0v) is 15.5. The molecule has 10 heteroatoms. The van der Waals surface area contributed by atoms with Gasteiger partial charge in [-0.1, -0.05) is 29.8 Å². The van der Waals surface area contributed by atoms with Crippen molar-refractivity contribution in [2.24, 2.45) is 0 Å². The number of carbonyl (C=O) groups excluding carboxylic acids is 1. The van der Waals surface area contributed by atoms with Gasteiger partial charge in [-0.3, -0.25) is 10.1 Å². The first-order valence-corrected chi connectivity index (χ1v) is 8.53. The van der Waals surface area contributed by atoms with E-state index in [4.69, 9.17) is 20.8 Å². The second-order valence-corrected chi connectivity index (χ2v) is 6.13. The van der Waals surface area contributed by atoms with E-state index in [-0.39, 0.29) is 23.7 Å². The van der Waals surface area contributed by atoms with Crippen LogP contribution in [0.1, 0.15) is 27.7 Å². The van der Waals surface area contributed by atoms with Crippen LogP contribution in [-0.2, 0) is 17.9 Å². The summed E-state index contributed by atoms with van der Waals surface area (Å²) in [4.78, 5) is 23.0. The van der Waals surface area contributed by atoms with Crippen LogP contribution in [0, 0.1) is 17.0 Å². The first kappa shape index (κ1) is 19.3. The van der Waals surface area contributed by atoms with Crippen LogP contribution >= 0.6 is 11.6 Å². The van der Waals surface area contributed by atoms with E-state index < -0.39 is 10.9 Å². The van der Waals surface area contributed by atoms with Gasteiger partial charge >= 0.3 is 5.97 Å². The molecule has 0 unspecified atom stereocenters. The number of nitrogens with one attached hydrogen (secondary N) is 1. The predicted molar refractivity (Wildman–Crippen MR) is 100 cm³/mol. The van der Waals surface area contributed by atoms with Gasteiger partial charge < -0.3 is 14.5 Å². The zero-order valence-electron chi connectivity index (χ0n) is 14.7. The number of nitrogens with zero attached hydrogens (tertiary/aromatic N) is 3. The first-order chi connectivity index (χ1) is 13.4. The maximum absolute atomic E-state index is 12.5. The molecule has 1 heterocycles. The van der Waals surface area contributed by atoms with Crippen molar-refractivity contribution in [3.8, 4) is 0 Å². The van der Waals surface area contributed by atoms with Crippen molar-refractivity contribution in [3.05, 3.63) is 80.5 Å². The average molecular weight is 403 g/mol. The lowest BCUT2D eigenvalue weighted by Crippen LogP contribution is -2.11. The van der Waals surface area contributed by atoms with E-state index in [9.17, 15) is 14.9 Å². The number of carbonyl (C=O) groups is 1. The van der Waals surface area contributed by atoms with Crippen LogP contribution in [0.15, 0.2) is 46.9 Å². The Hall–Kier alpha value is -3.46. The molecule has 0 amide bonds. The van der Waals surface area contributed by atoms with E-state index in [0.717, 1.165) is 11.6 Å². The minimum absolute atomic E-state index is 0.0116. The van der Waals surface area contributed by atoms with Crippen LogP contribution in [-0.4, -0.2) is 21.1 Å². The standard InChI is InChI=1S/C18H15ClN4O5/c1-11-21-22-17(28-11)10-27-18(24)14-8-13(23(25)26)6-7-16(14)20-9-12-4-2-3-5-15(12)19/h2-8,20H,9-10H2,1H3. The van der Waals surface area contributed by atoms with Crippen LogP contribution in [0.5, 0.6) is 0 Å². The number of benzene rings is 2. The van der Waals surface area contributed by atoms with E-state index in [2.05, 4.69) is 15.5 Å². The van der Waals surface area contributed by atoms with Crippen molar-refractivity contribution in [2.45, 2.75) is 20.1 Å². The van der Waals surface area contributed by atoms with Gasteiger partial charge in [0.25, 0.3) is 11.6 Å². The van der Waals surface area contributed by atoms with Crippen molar-refractivity contribution in [1.29, 1.82) is 0 Å². The van der Waals surface area contributed by atoms with E-state index in [1.807, 2.05) is 12.1 Å². The van der Waals surface area contributed by atoms with Crippen LogP contribution in [0.3, 0.4) is 0 Å². The Morgan fingerprint density at radius 1 is 1.29 bits per heavy atom. The van der Waals surface area contributed by atoms with Crippen LogP contribution < -0.4 is 5.32 Å². The van der Waals surface area contributed by atoms with Gasteiger partial charge in [-0.25, -0.2) is 4.79 Å².